The van der Waals surface area contributed by atoms with Gasteiger partial charge in [0.2, 0.25) is 0 Å². The van der Waals surface area contributed by atoms with Gasteiger partial charge in [-0.15, -0.1) is 23.2 Å². The molecule has 0 aliphatic heterocycles. The summed E-state index contributed by atoms with van der Waals surface area (Å²) in [5, 5.41) is 0. The average Bonchev–Trinajstić information content (AvgIpc) is 3.82. The molecule has 15 heteroatoms. The summed E-state index contributed by atoms with van der Waals surface area (Å²) in [5.74, 6) is -1.48. The van der Waals surface area contributed by atoms with E-state index in [1.54, 1.807) is 91.0 Å². The van der Waals surface area contributed by atoms with E-state index < -0.39 is 29.8 Å². The molecule has 0 fully saturated rings. The second-order valence-electron chi connectivity index (χ2n) is 18.0. The highest BCUT2D eigenvalue weighted by Crippen LogP contribution is 2.35. The number of benzene rings is 8. The Morgan fingerprint density at radius 1 is 0.405 bits per heavy atom. The van der Waals surface area contributed by atoms with E-state index in [1.165, 1.54) is 91.0 Å². The summed E-state index contributed by atoms with van der Waals surface area (Å²) in [6.07, 6.45) is 2.25. The molecule has 5 nitrogen and oxygen atoms in total. The molecule has 0 N–H and O–H groups in total. The Bertz CT molecular complexity index is 3090. The van der Waals surface area contributed by atoms with Crippen LogP contribution in [-0.4, -0.2) is 23.3 Å². The second kappa shape index (κ2) is 31.6. The molecule has 4 unspecified atom stereocenters. The predicted octanol–water partition coefficient (Wildman–Crippen LogP) is 19.0. The number of alkyl halides is 3. The number of ether oxygens (including phenoxy) is 3. The minimum Gasteiger partial charge on any atom is -0.486 e. The van der Waals surface area contributed by atoms with Gasteiger partial charge in [0.15, 0.2) is 11.6 Å². The van der Waals surface area contributed by atoms with Crippen molar-refractivity contribution >= 4 is 50.7 Å². The first-order valence-electron chi connectivity index (χ1n) is 25.4. The Morgan fingerprint density at radius 3 is 1.06 bits per heavy atom. The monoisotopic (exact) mass is 1190 g/mol. The van der Waals surface area contributed by atoms with Crippen molar-refractivity contribution in [1.29, 1.82) is 0 Å². The minimum absolute atomic E-state index is 0.158. The molecule has 1 aliphatic rings. The molecule has 79 heavy (non-hydrogen) atoms. The molecule has 0 saturated carbocycles. The molecule has 0 amide bonds. The smallest absolute Gasteiger partial charge is 0.174 e. The van der Waals surface area contributed by atoms with E-state index >= 15 is 0 Å². The van der Waals surface area contributed by atoms with Crippen molar-refractivity contribution in [2.45, 2.75) is 68.6 Å². The van der Waals surface area contributed by atoms with Crippen molar-refractivity contribution in [2.24, 2.45) is 5.92 Å². The quantitative estimate of drug-likeness (QED) is 0.0459. The highest BCUT2D eigenvalue weighted by Gasteiger charge is 2.38. The average molecular weight is 1190 g/mol. The topological polar surface area (TPSA) is 61.8 Å². The number of rotatable bonds is 19. The number of carbonyl (C=O) groups is 2. The van der Waals surface area contributed by atoms with Crippen LogP contribution in [0.5, 0.6) is 17.2 Å². The molecule has 412 valence electrons. The van der Waals surface area contributed by atoms with Crippen LogP contribution in [0.15, 0.2) is 194 Å². The molecule has 0 bridgehead atoms. The number of fused-ring (bicyclic) bond motifs is 1. The van der Waals surface area contributed by atoms with Gasteiger partial charge in [-0.3, -0.25) is 9.59 Å². The fraction of sp³-hybridized carbons (Fsp3) is 0.219. The van der Waals surface area contributed by atoms with Gasteiger partial charge < -0.3 is 14.2 Å². The number of hydrogen-bond acceptors (Lipinski definition) is 5. The fourth-order valence-electron chi connectivity index (χ4n) is 8.43. The van der Waals surface area contributed by atoms with Crippen LogP contribution >= 0.6 is 39.1 Å². The van der Waals surface area contributed by atoms with E-state index in [-0.39, 0.29) is 58.0 Å². The van der Waals surface area contributed by atoms with Crippen LogP contribution in [0.25, 0.3) is 0 Å². The molecule has 1 aliphatic carbocycles. The van der Waals surface area contributed by atoms with E-state index in [1.807, 2.05) is 19.1 Å². The molecule has 8 aromatic rings. The van der Waals surface area contributed by atoms with Crippen LogP contribution in [0.1, 0.15) is 112 Å². The number of halogens is 10. The number of carbonyl (C=O) groups excluding carboxylic acids is 2. The molecule has 4 atom stereocenters. The molecular formula is C64H56BrCl2F7O5. The summed E-state index contributed by atoms with van der Waals surface area (Å²) >= 11 is 14.7. The van der Waals surface area contributed by atoms with Gasteiger partial charge >= 0.3 is 0 Å². The van der Waals surface area contributed by atoms with Crippen molar-refractivity contribution in [3.63, 3.8) is 0 Å². The highest BCUT2D eigenvalue weighted by molar-refractivity contribution is 9.09. The van der Waals surface area contributed by atoms with Crippen LogP contribution in [0.2, 0.25) is 0 Å². The van der Waals surface area contributed by atoms with Gasteiger partial charge in [-0.25, -0.2) is 30.7 Å². The maximum Gasteiger partial charge on any atom is 0.174 e. The predicted molar refractivity (Wildman–Crippen MR) is 300 cm³/mol. The normalized spacial score (nSPS) is 13.2. The molecule has 0 saturated heterocycles. The van der Waals surface area contributed by atoms with Crippen molar-refractivity contribution in [2.75, 3.05) is 11.8 Å². The maximum absolute atomic E-state index is 13.8. The van der Waals surface area contributed by atoms with Crippen molar-refractivity contribution in [1.82, 2.24) is 0 Å². The summed E-state index contributed by atoms with van der Waals surface area (Å²) in [5.41, 5.74) is 3.84. The minimum atomic E-state index is -0.778. The van der Waals surface area contributed by atoms with E-state index in [0.717, 1.165) is 30.4 Å². The van der Waals surface area contributed by atoms with Crippen molar-refractivity contribution in [3.05, 3.63) is 268 Å². The number of Topliss-reactive ketones (excluding diaryl/α,β-unsaturated/α-hetero) is 2. The van der Waals surface area contributed by atoms with Gasteiger partial charge in [0, 0.05) is 52.3 Å². The molecule has 0 aromatic heterocycles. The number of ketones is 2. The third kappa shape index (κ3) is 19.4. The summed E-state index contributed by atoms with van der Waals surface area (Å²) < 4.78 is 110. The Labute approximate surface area is 474 Å². The molecule has 0 heterocycles. The lowest BCUT2D eigenvalue weighted by molar-refractivity contribution is 0.0814. The van der Waals surface area contributed by atoms with Gasteiger partial charge in [-0.1, -0.05) is 120 Å². The SMILES string of the molecule is CCCC(Oc1cccc(F)c1)c1cccc(F)c1.Fc1cccc(C(Br)CCCl)c1.Fc1cccc(OC(CCCl)c2cccc(F)c2)c1.O=C1c2ccccc2C(=O)C1CCC(Oc1cccc(F)c1)c1cccc(F)c1. The molecule has 0 spiro atoms. The van der Waals surface area contributed by atoms with Crippen LogP contribution in [-0.2, 0) is 0 Å². The second-order valence-corrected chi connectivity index (χ2v) is 19.9. The first kappa shape index (κ1) is 61.3. The van der Waals surface area contributed by atoms with Crippen molar-refractivity contribution in [3.8, 4) is 17.2 Å². The van der Waals surface area contributed by atoms with E-state index in [4.69, 9.17) is 37.4 Å². The lowest BCUT2D eigenvalue weighted by atomic mass is 9.94. The Balaban J connectivity index is 0.000000178. The third-order valence-corrected chi connectivity index (χ3v) is 13.6. The zero-order valence-electron chi connectivity index (χ0n) is 42.8. The fourth-order valence-corrected chi connectivity index (χ4v) is 9.62. The zero-order valence-corrected chi connectivity index (χ0v) is 45.9. The van der Waals surface area contributed by atoms with Gasteiger partial charge in [0.05, 0.1) is 5.92 Å². The summed E-state index contributed by atoms with van der Waals surface area (Å²) in [7, 11) is 0. The first-order chi connectivity index (χ1) is 38.1. The van der Waals surface area contributed by atoms with Crippen molar-refractivity contribution < 1.29 is 54.5 Å². The van der Waals surface area contributed by atoms with Crippen LogP contribution < -0.4 is 14.2 Å². The Morgan fingerprint density at radius 2 is 0.722 bits per heavy atom. The third-order valence-electron chi connectivity index (χ3n) is 12.2. The molecular weight excluding hydrogens is 1130 g/mol. The van der Waals surface area contributed by atoms with Crippen LogP contribution in [0, 0.1) is 46.6 Å². The van der Waals surface area contributed by atoms with Gasteiger partial charge in [-0.2, -0.15) is 0 Å². The molecule has 9 rings (SSSR count). The van der Waals surface area contributed by atoms with Gasteiger partial charge in [-0.05, 0) is 133 Å². The van der Waals surface area contributed by atoms with E-state index in [2.05, 4.69) is 15.9 Å². The Kier molecular flexibility index (Phi) is 24.5. The number of hydrogen-bond donors (Lipinski definition) is 0. The van der Waals surface area contributed by atoms with Gasteiger partial charge in [0.25, 0.3) is 0 Å². The summed E-state index contributed by atoms with van der Waals surface area (Å²) in [6.45, 7) is 2.03. The first-order valence-corrected chi connectivity index (χ1v) is 27.3. The van der Waals surface area contributed by atoms with Crippen LogP contribution in [0.4, 0.5) is 30.7 Å². The molecule has 0 radical (unpaired) electrons. The summed E-state index contributed by atoms with van der Waals surface area (Å²) in [6, 6.07) is 49.2. The highest BCUT2D eigenvalue weighted by atomic mass is 79.9. The standard InChI is InChI=1S/C24H18F2O3.C16H16F2O.C15H13ClF2O.C9H9BrClF/c25-16-6-3-5-15(13-16)22(29-18-8-4-7-17(26)14-18)12-11-21-23(27)19-9-1-2-10-20(19)24(21)28;1-2-5-16(12-6-3-7-13(17)10-12)19-15-9-4-8-14(18)11-15;16-8-7-15(11-3-1-4-12(17)9-11)19-14-6-2-5-13(18)10-14;10-9(4-5-11)7-2-1-3-8(12)6-7/h1-10,13-14,21-22H,11-12H2;3-4,6-11,16H,2,5H2,1H3;1-6,9-10,15H,7-8H2;1-3,6,9H,4-5H2. The summed E-state index contributed by atoms with van der Waals surface area (Å²) in [4.78, 5) is 25.4. The lowest BCUT2D eigenvalue weighted by Gasteiger charge is -2.21. The largest absolute Gasteiger partial charge is 0.486 e. The zero-order chi connectivity index (χ0) is 56.7. The van der Waals surface area contributed by atoms with Gasteiger partial charge in [0.1, 0.15) is 76.3 Å². The van der Waals surface area contributed by atoms with E-state index in [0.29, 0.717) is 64.1 Å². The Hall–Kier alpha value is -6.93. The maximum atomic E-state index is 13.8. The molecule has 8 aromatic carbocycles. The van der Waals surface area contributed by atoms with E-state index in [9.17, 15) is 40.3 Å². The van der Waals surface area contributed by atoms with Crippen LogP contribution in [0.3, 0.4) is 0 Å². The lowest BCUT2D eigenvalue weighted by Crippen LogP contribution is -2.18.